The van der Waals surface area contributed by atoms with E-state index in [-0.39, 0.29) is 6.04 Å². The van der Waals surface area contributed by atoms with Crippen molar-refractivity contribution in [2.75, 3.05) is 46.3 Å². The lowest BCUT2D eigenvalue weighted by Gasteiger charge is -2.38. The van der Waals surface area contributed by atoms with Crippen LogP contribution in [0.1, 0.15) is 47.7 Å². The Morgan fingerprint density at radius 1 is 1.12 bits per heavy atom. The average Bonchev–Trinajstić information content (AvgIpc) is 2.97. The minimum absolute atomic E-state index is 0.233. The van der Waals surface area contributed by atoms with Gasteiger partial charge < -0.3 is 15.0 Å². The molecule has 2 saturated heterocycles. The number of piperidine rings is 1. The summed E-state index contributed by atoms with van der Waals surface area (Å²) in [5.74, 6) is 0.670. The standard InChI is InChI=1S/C19H21BrClN3.C7H13NO/c1-23-6-8-24(9-7-23)19-17-5-4-16(21)11-13(17)2-3-14-10-15(20)12-22-18(14)19;9-6-3-7-1-4-8-5-2-7/h4-5,10-12,19H,2-3,6-9H2,1H3;6-8H,1-5H2. The van der Waals surface area contributed by atoms with Gasteiger partial charge in [0, 0.05) is 48.3 Å². The van der Waals surface area contributed by atoms with Gasteiger partial charge in [-0.15, -0.1) is 0 Å². The Bertz CT molecular complexity index is 888. The first kappa shape index (κ1) is 24.8. The van der Waals surface area contributed by atoms with E-state index >= 15 is 0 Å². The Kier molecular flexibility index (Phi) is 8.94. The number of pyridine rings is 1. The minimum atomic E-state index is 0.233. The van der Waals surface area contributed by atoms with E-state index in [9.17, 15) is 4.79 Å². The maximum Gasteiger partial charge on any atom is 0.120 e. The summed E-state index contributed by atoms with van der Waals surface area (Å²) >= 11 is 9.86. The van der Waals surface area contributed by atoms with Crippen molar-refractivity contribution in [1.82, 2.24) is 20.1 Å². The number of aryl methyl sites for hydroxylation is 2. The topological polar surface area (TPSA) is 48.5 Å². The Labute approximate surface area is 211 Å². The van der Waals surface area contributed by atoms with Gasteiger partial charge in [-0.25, -0.2) is 0 Å². The molecule has 1 atom stereocenters. The van der Waals surface area contributed by atoms with Crippen LogP contribution in [0.15, 0.2) is 34.9 Å². The minimum Gasteiger partial charge on any atom is -0.317 e. The number of nitrogens with one attached hydrogen (secondary N) is 1. The van der Waals surface area contributed by atoms with Gasteiger partial charge >= 0.3 is 0 Å². The second kappa shape index (κ2) is 11.9. The van der Waals surface area contributed by atoms with Gasteiger partial charge in [-0.05, 0) is 103 Å². The van der Waals surface area contributed by atoms with Crippen LogP contribution in [-0.2, 0) is 17.6 Å². The molecule has 0 bridgehead atoms. The van der Waals surface area contributed by atoms with E-state index in [2.05, 4.69) is 56.3 Å². The number of carbonyl (C=O) groups excluding carboxylic acids is 1. The summed E-state index contributed by atoms with van der Waals surface area (Å²) in [5.41, 5.74) is 5.29. The van der Waals surface area contributed by atoms with Crippen molar-refractivity contribution in [3.05, 3.63) is 62.3 Å². The van der Waals surface area contributed by atoms with Gasteiger partial charge in [0.25, 0.3) is 0 Å². The lowest BCUT2D eigenvalue weighted by Crippen LogP contribution is -2.46. The number of rotatable bonds is 3. The van der Waals surface area contributed by atoms with Crippen LogP contribution in [0.2, 0.25) is 5.02 Å². The van der Waals surface area contributed by atoms with Gasteiger partial charge in [0.1, 0.15) is 6.29 Å². The maximum atomic E-state index is 10.1. The number of piperazine rings is 1. The van der Waals surface area contributed by atoms with Gasteiger partial charge in [0.05, 0.1) is 11.7 Å². The molecule has 3 aliphatic rings. The first-order chi connectivity index (χ1) is 16.0. The molecule has 2 aliphatic heterocycles. The van der Waals surface area contributed by atoms with Crippen LogP contribution in [0.5, 0.6) is 0 Å². The maximum absolute atomic E-state index is 10.1. The van der Waals surface area contributed by atoms with Gasteiger partial charge in [-0.3, -0.25) is 9.88 Å². The first-order valence-electron chi connectivity index (χ1n) is 12.0. The largest absolute Gasteiger partial charge is 0.317 e. The highest BCUT2D eigenvalue weighted by atomic mass is 79.9. The summed E-state index contributed by atoms with van der Waals surface area (Å²) in [6.45, 7) is 6.54. The normalized spacial score (nSPS) is 21.8. The van der Waals surface area contributed by atoms with Crippen molar-refractivity contribution in [1.29, 1.82) is 0 Å². The third-order valence-electron chi connectivity index (χ3n) is 7.08. The molecular formula is C26H34BrClN4O. The van der Waals surface area contributed by atoms with E-state index in [0.717, 1.165) is 74.3 Å². The third-order valence-corrected chi connectivity index (χ3v) is 7.75. The Morgan fingerprint density at radius 2 is 1.85 bits per heavy atom. The monoisotopic (exact) mass is 532 g/mol. The number of hydrogen-bond acceptors (Lipinski definition) is 5. The van der Waals surface area contributed by atoms with E-state index in [1.807, 2.05) is 12.3 Å². The van der Waals surface area contributed by atoms with Crippen LogP contribution in [0.3, 0.4) is 0 Å². The highest BCUT2D eigenvalue weighted by Gasteiger charge is 2.31. The van der Waals surface area contributed by atoms with Gasteiger partial charge in [0.2, 0.25) is 0 Å². The van der Waals surface area contributed by atoms with Gasteiger partial charge in [-0.2, -0.15) is 0 Å². The molecule has 1 aromatic heterocycles. The molecule has 1 aliphatic carbocycles. The number of aldehydes is 1. The second-order valence-electron chi connectivity index (χ2n) is 9.38. The number of halogens is 2. The number of nitrogens with zero attached hydrogens (tertiary/aromatic N) is 3. The van der Waals surface area contributed by atoms with Crippen molar-refractivity contribution in [2.45, 2.75) is 38.1 Å². The van der Waals surface area contributed by atoms with Crippen molar-refractivity contribution in [3.63, 3.8) is 0 Å². The fourth-order valence-electron chi connectivity index (χ4n) is 5.12. The molecule has 2 fully saturated rings. The smallest absolute Gasteiger partial charge is 0.120 e. The Hall–Kier alpha value is -1.31. The van der Waals surface area contributed by atoms with Crippen molar-refractivity contribution in [2.24, 2.45) is 5.92 Å². The number of likely N-dealkylation sites (N-methyl/N-ethyl adjacent to an activating group) is 1. The summed E-state index contributed by atoms with van der Waals surface area (Å²) in [6, 6.07) is 8.84. The second-order valence-corrected chi connectivity index (χ2v) is 10.7. The first-order valence-corrected chi connectivity index (χ1v) is 13.2. The molecule has 0 spiro atoms. The molecule has 2 aromatic rings. The van der Waals surface area contributed by atoms with Crippen molar-refractivity contribution < 1.29 is 4.79 Å². The number of aromatic nitrogens is 1. The quantitative estimate of drug-likeness (QED) is 0.589. The molecule has 1 N–H and O–H groups in total. The SMILES string of the molecule is CN1CCN(C2c3ccc(Cl)cc3CCc3cc(Br)cnc32)CC1.O=CCC1CCNCC1. The molecule has 1 unspecified atom stereocenters. The van der Waals surface area contributed by atoms with Crippen LogP contribution >= 0.6 is 27.5 Å². The van der Waals surface area contributed by atoms with Crippen LogP contribution in [-0.4, -0.2) is 67.4 Å². The fraction of sp³-hybridized carbons (Fsp3) is 0.538. The Balaban J connectivity index is 0.000000243. The van der Waals surface area contributed by atoms with Crippen molar-refractivity contribution in [3.8, 4) is 0 Å². The van der Waals surface area contributed by atoms with Crippen LogP contribution in [0, 0.1) is 5.92 Å². The number of fused-ring (bicyclic) bond motifs is 2. The average molecular weight is 534 g/mol. The van der Waals surface area contributed by atoms with Crippen molar-refractivity contribution >= 4 is 33.8 Å². The van der Waals surface area contributed by atoms with Crippen LogP contribution in [0.4, 0.5) is 0 Å². The molecule has 5 rings (SSSR count). The molecule has 3 heterocycles. The molecule has 1 aromatic carbocycles. The zero-order chi connectivity index (χ0) is 23.2. The summed E-state index contributed by atoms with van der Waals surface area (Å²) in [7, 11) is 2.20. The van der Waals surface area contributed by atoms with Crippen LogP contribution in [0.25, 0.3) is 0 Å². The van der Waals surface area contributed by atoms with E-state index in [1.54, 1.807) is 0 Å². The highest BCUT2D eigenvalue weighted by molar-refractivity contribution is 9.10. The summed E-state index contributed by atoms with van der Waals surface area (Å²) < 4.78 is 1.06. The van der Waals surface area contributed by atoms with E-state index < -0.39 is 0 Å². The number of carbonyl (C=O) groups is 1. The van der Waals surface area contributed by atoms with E-state index in [0.29, 0.717) is 5.92 Å². The van der Waals surface area contributed by atoms with E-state index in [4.69, 9.17) is 16.6 Å². The van der Waals surface area contributed by atoms with Crippen LogP contribution < -0.4 is 5.32 Å². The Morgan fingerprint density at radius 3 is 2.58 bits per heavy atom. The summed E-state index contributed by atoms with van der Waals surface area (Å²) in [4.78, 5) is 19.9. The molecule has 0 amide bonds. The third kappa shape index (κ3) is 6.43. The highest BCUT2D eigenvalue weighted by Crippen LogP contribution is 2.37. The number of benzene rings is 1. The molecule has 7 heteroatoms. The molecule has 178 valence electrons. The fourth-order valence-corrected chi connectivity index (χ4v) is 5.69. The molecule has 0 radical (unpaired) electrons. The lowest BCUT2D eigenvalue weighted by molar-refractivity contribution is -0.108. The predicted molar refractivity (Wildman–Crippen MR) is 138 cm³/mol. The van der Waals surface area contributed by atoms with Gasteiger partial charge in [0.15, 0.2) is 0 Å². The van der Waals surface area contributed by atoms with Gasteiger partial charge in [-0.1, -0.05) is 17.7 Å². The summed E-state index contributed by atoms with van der Waals surface area (Å²) in [6.07, 6.45) is 8.13. The zero-order valence-corrected chi connectivity index (χ0v) is 21.7. The lowest BCUT2D eigenvalue weighted by atomic mass is 9.96. The predicted octanol–water partition coefficient (Wildman–Crippen LogP) is 4.51. The molecular weight excluding hydrogens is 500 g/mol. The summed E-state index contributed by atoms with van der Waals surface area (Å²) in [5, 5.41) is 4.08. The molecule has 33 heavy (non-hydrogen) atoms. The zero-order valence-electron chi connectivity index (χ0n) is 19.4. The van der Waals surface area contributed by atoms with E-state index in [1.165, 1.54) is 35.2 Å². The molecule has 0 saturated carbocycles. The number of hydrogen-bond donors (Lipinski definition) is 1. The molecule has 5 nitrogen and oxygen atoms in total.